The van der Waals surface area contributed by atoms with Gasteiger partial charge in [0.05, 0.1) is 34.9 Å². The topological polar surface area (TPSA) is 102 Å². The first-order valence-corrected chi connectivity index (χ1v) is 9.94. The molecule has 0 radical (unpaired) electrons. The standard InChI is InChI=1S/C22H22N2O5/c1-29-16-9-8-15(24(27)28)19-17-13-6-7-14(10-13)18(17)20(23-21(16)19)11-2-4-12(5-3-11)22(25)26/h2-5,8-9,13-14,17-18,20,23H,6-7,10H2,1H3,(H,25,26)/t13-,14-,17-,18-,20+/m0/s1. The number of carbonyl (C=O) groups is 1. The van der Waals surface area contributed by atoms with Crippen LogP contribution in [0.4, 0.5) is 11.4 Å². The summed E-state index contributed by atoms with van der Waals surface area (Å²) in [6, 6.07) is 10.2. The summed E-state index contributed by atoms with van der Waals surface area (Å²) in [7, 11) is 1.58. The van der Waals surface area contributed by atoms with Gasteiger partial charge in [0, 0.05) is 12.0 Å². The Morgan fingerprint density at radius 3 is 2.55 bits per heavy atom. The van der Waals surface area contributed by atoms with Crippen molar-refractivity contribution in [2.75, 3.05) is 12.4 Å². The van der Waals surface area contributed by atoms with Gasteiger partial charge in [-0.1, -0.05) is 12.1 Å². The van der Waals surface area contributed by atoms with E-state index in [1.54, 1.807) is 31.4 Å². The minimum atomic E-state index is -0.950. The van der Waals surface area contributed by atoms with Crippen LogP contribution in [0.3, 0.4) is 0 Å². The van der Waals surface area contributed by atoms with E-state index in [0.29, 0.717) is 23.3 Å². The second-order valence-electron chi connectivity index (χ2n) is 8.32. The van der Waals surface area contributed by atoms with E-state index in [1.807, 2.05) is 12.1 Å². The lowest BCUT2D eigenvalue weighted by atomic mass is 9.67. The summed E-state index contributed by atoms with van der Waals surface area (Å²) in [4.78, 5) is 22.7. The van der Waals surface area contributed by atoms with Gasteiger partial charge >= 0.3 is 5.97 Å². The predicted molar refractivity (Wildman–Crippen MR) is 106 cm³/mol. The maximum Gasteiger partial charge on any atom is 0.335 e. The lowest BCUT2D eigenvalue weighted by Gasteiger charge is -2.43. The molecular weight excluding hydrogens is 372 g/mol. The van der Waals surface area contributed by atoms with E-state index in [2.05, 4.69) is 5.32 Å². The van der Waals surface area contributed by atoms with Gasteiger partial charge in [0.1, 0.15) is 5.75 Å². The van der Waals surface area contributed by atoms with E-state index >= 15 is 0 Å². The number of nitro groups is 1. The molecule has 7 heteroatoms. The average molecular weight is 394 g/mol. The first kappa shape index (κ1) is 18.0. The van der Waals surface area contributed by atoms with Crippen molar-refractivity contribution in [2.45, 2.75) is 31.2 Å². The number of rotatable bonds is 4. The Kier molecular flexibility index (Phi) is 4.01. The maximum atomic E-state index is 11.8. The number of aromatic carboxylic acids is 1. The summed E-state index contributed by atoms with van der Waals surface area (Å²) in [5.74, 6) is 0.984. The second kappa shape index (κ2) is 6.47. The maximum absolute atomic E-state index is 11.8. The monoisotopic (exact) mass is 394 g/mol. The molecule has 2 N–H and O–H groups in total. The Balaban J connectivity index is 1.66. The number of hydrogen-bond donors (Lipinski definition) is 2. The van der Waals surface area contributed by atoms with Gasteiger partial charge in [-0.25, -0.2) is 4.79 Å². The zero-order chi connectivity index (χ0) is 20.3. The van der Waals surface area contributed by atoms with Crippen molar-refractivity contribution in [1.82, 2.24) is 0 Å². The molecule has 1 heterocycles. The number of carboxylic acids is 1. The number of anilines is 1. The molecule has 2 bridgehead atoms. The van der Waals surface area contributed by atoms with Gasteiger partial charge in [-0.2, -0.15) is 0 Å². The minimum Gasteiger partial charge on any atom is -0.495 e. The molecule has 1 aliphatic heterocycles. The van der Waals surface area contributed by atoms with Crippen molar-refractivity contribution in [3.8, 4) is 5.75 Å². The Hall–Kier alpha value is -3.09. The third-order valence-corrected chi connectivity index (χ3v) is 7.12. The Morgan fingerprint density at radius 1 is 1.17 bits per heavy atom. The third-order valence-electron chi connectivity index (χ3n) is 7.12. The predicted octanol–water partition coefficient (Wildman–Crippen LogP) is 4.60. The van der Waals surface area contributed by atoms with Crippen LogP contribution in [-0.2, 0) is 0 Å². The highest BCUT2D eigenvalue weighted by molar-refractivity contribution is 5.87. The van der Waals surface area contributed by atoms with Crippen molar-refractivity contribution < 1.29 is 19.6 Å². The fourth-order valence-corrected chi connectivity index (χ4v) is 6.04. The number of methoxy groups -OCH3 is 1. The van der Waals surface area contributed by atoms with Gasteiger partial charge in [0.25, 0.3) is 5.69 Å². The molecule has 2 fully saturated rings. The normalized spacial score (nSPS) is 28.9. The summed E-state index contributed by atoms with van der Waals surface area (Å²) in [6.07, 6.45) is 3.34. The molecule has 0 amide bonds. The summed E-state index contributed by atoms with van der Waals surface area (Å²) in [5.41, 5.74) is 2.92. The van der Waals surface area contributed by atoms with Gasteiger partial charge < -0.3 is 15.2 Å². The zero-order valence-electron chi connectivity index (χ0n) is 16.0. The number of nitrogens with one attached hydrogen (secondary N) is 1. The SMILES string of the molecule is COc1ccc([N+](=O)[O-])c2c1N[C@H](c1ccc(C(=O)O)cc1)[C@H]1[C@H]3CC[C@@H](C3)[C@H]21. The van der Waals surface area contributed by atoms with Crippen LogP contribution in [0.5, 0.6) is 5.75 Å². The molecule has 7 nitrogen and oxygen atoms in total. The quantitative estimate of drug-likeness (QED) is 0.580. The number of benzene rings is 2. The fraction of sp³-hybridized carbons (Fsp3) is 0.409. The molecule has 0 saturated heterocycles. The van der Waals surface area contributed by atoms with Gasteiger partial charge in [0.2, 0.25) is 0 Å². The number of carboxylic acid groups (broad SMARTS) is 1. The summed E-state index contributed by atoms with van der Waals surface area (Å²) >= 11 is 0. The summed E-state index contributed by atoms with van der Waals surface area (Å²) < 4.78 is 5.55. The summed E-state index contributed by atoms with van der Waals surface area (Å²) in [5, 5.41) is 24.6. The zero-order valence-corrected chi connectivity index (χ0v) is 16.0. The van der Waals surface area contributed by atoms with Gasteiger partial charge in [-0.05, 0) is 60.8 Å². The third kappa shape index (κ3) is 2.60. The van der Waals surface area contributed by atoms with Crippen LogP contribution in [0.1, 0.15) is 52.7 Å². The van der Waals surface area contributed by atoms with Crippen LogP contribution in [0, 0.1) is 27.9 Å². The Labute approximate surface area is 167 Å². The van der Waals surface area contributed by atoms with E-state index in [4.69, 9.17) is 4.74 Å². The smallest absolute Gasteiger partial charge is 0.335 e. The number of nitro benzene ring substituents is 1. The first-order chi connectivity index (χ1) is 14.0. The van der Waals surface area contributed by atoms with E-state index in [1.165, 1.54) is 0 Å². The highest BCUT2D eigenvalue weighted by Crippen LogP contribution is 2.65. The number of fused-ring (bicyclic) bond motifs is 7. The van der Waals surface area contributed by atoms with Crippen LogP contribution < -0.4 is 10.1 Å². The van der Waals surface area contributed by atoms with Crippen molar-refractivity contribution in [2.24, 2.45) is 17.8 Å². The van der Waals surface area contributed by atoms with Crippen molar-refractivity contribution in [3.05, 3.63) is 63.2 Å². The Bertz CT molecular complexity index is 1000. The number of nitrogens with zero attached hydrogens (tertiary/aromatic N) is 1. The number of ether oxygens (including phenoxy) is 1. The van der Waals surface area contributed by atoms with Crippen molar-refractivity contribution in [3.63, 3.8) is 0 Å². The molecular formula is C22H22N2O5. The molecule has 5 rings (SSSR count). The molecule has 150 valence electrons. The molecule has 29 heavy (non-hydrogen) atoms. The van der Waals surface area contributed by atoms with Gasteiger partial charge in [-0.15, -0.1) is 0 Å². The molecule has 2 aliphatic carbocycles. The van der Waals surface area contributed by atoms with E-state index in [-0.39, 0.29) is 34.1 Å². The molecule has 2 aromatic rings. The fourth-order valence-electron chi connectivity index (χ4n) is 6.04. The molecule has 0 unspecified atom stereocenters. The van der Waals surface area contributed by atoms with E-state index in [9.17, 15) is 20.0 Å². The van der Waals surface area contributed by atoms with Crippen molar-refractivity contribution >= 4 is 17.3 Å². The molecule has 2 aromatic carbocycles. The van der Waals surface area contributed by atoms with E-state index in [0.717, 1.165) is 30.4 Å². The molecule has 0 aromatic heterocycles. The number of hydrogen-bond acceptors (Lipinski definition) is 5. The van der Waals surface area contributed by atoms with Crippen LogP contribution in [-0.4, -0.2) is 23.1 Å². The highest BCUT2D eigenvalue weighted by Gasteiger charge is 2.56. The van der Waals surface area contributed by atoms with Crippen molar-refractivity contribution in [1.29, 1.82) is 0 Å². The van der Waals surface area contributed by atoms with Crippen LogP contribution in [0.25, 0.3) is 0 Å². The lowest BCUT2D eigenvalue weighted by Crippen LogP contribution is -2.36. The minimum absolute atomic E-state index is 0.0263. The van der Waals surface area contributed by atoms with Crippen LogP contribution in [0.2, 0.25) is 0 Å². The van der Waals surface area contributed by atoms with Crippen LogP contribution >= 0.6 is 0 Å². The highest BCUT2D eigenvalue weighted by atomic mass is 16.6. The second-order valence-corrected chi connectivity index (χ2v) is 8.32. The largest absolute Gasteiger partial charge is 0.495 e. The average Bonchev–Trinajstić information content (AvgIpc) is 3.34. The van der Waals surface area contributed by atoms with Gasteiger partial charge in [0.15, 0.2) is 0 Å². The Morgan fingerprint density at radius 2 is 1.90 bits per heavy atom. The molecule has 5 atom stereocenters. The van der Waals surface area contributed by atoms with Gasteiger partial charge in [-0.3, -0.25) is 10.1 Å². The van der Waals surface area contributed by atoms with E-state index < -0.39 is 5.97 Å². The molecule has 3 aliphatic rings. The molecule has 0 spiro atoms. The van der Waals surface area contributed by atoms with Crippen LogP contribution in [0.15, 0.2) is 36.4 Å². The summed E-state index contributed by atoms with van der Waals surface area (Å²) in [6.45, 7) is 0. The first-order valence-electron chi connectivity index (χ1n) is 9.94. The molecule has 2 saturated carbocycles. The lowest BCUT2D eigenvalue weighted by molar-refractivity contribution is -0.385.